The van der Waals surface area contributed by atoms with E-state index in [1.807, 2.05) is 0 Å². The summed E-state index contributed by atoms with van der Waals surface area (Å²) in [5, 5.41) is 19.0. The Morgan fingerprint density at radius 1 is 1.29 bits per heavy atom. The summed E-state index contributed by atoms with van der Waals surface area (Å²) in [7, 11) is 0. The van der Waals surface area contributed by atoms with Gasteiger partial charge in [-0.3, -0.25) is 0 Å². The van der Waals surface area contributed by atoms with Gasteiger partial charge in [0.15, 0.2) is 0 Å². The number of hydrogen-bond donors (Lipinski definition) is 2. The zero-order chi connectivity index (χ0) is 15.4. The summed E-state index contributed by atoms with van der Waals surface area (Å²) < 4.78 is 6.75. The number of aromatic carboxylic acids is 1. The molecule has 0 amide bonds. The quantitative estimate of drug-likeness (QED) is 0.721. The zero-order valence-electron chi connectivity index (χ0n) is 11.5. The first kappa shape index (κ1) is 16.8. The highest BCUT2D eigenvalue weighted by atomic mass is 79.9. The summed E-state index contributed by atoms with van der Waals surface area (Å²) in [5.41, 5.74) is 0.174. The van der Waals surface area contributed by atoms with Crippen molar-refractivity contribution >= 4 is 37.8 Å². The fourth-order valence-electron chi connectivity index (χ4n) is 2.70. The lowest BCUT2D eigenvalue weighted by Gasteiger charge is -2.17. The molecular formula is C15H18Br2O4. The Morgan fingerprint density at radius 3 is 2.38 bits per heavy atom. The summed E-state index contributed by atoms with van der Waals surface area (Å²) in [6.07, 6.45) is 5.17. The summed E-state index contributed by atoms with van der Waals surface area (Å²) in [5.74, 6) is 0.125. The van der Waals surface area contributed by atoms with E-state index in [1.165, 1.54) is 37.8 Å². The van der Waals surface area contributed by atoms with Crippen molar-refractivity contribution in [1.29, 1.82) is 0 Å². The van der Waals surface area contributed by atoms with Gasteiger partial charge in [0.1, 0.15) is 12.4 Å². The minimum Gasteiger partial charge on any atom is -0.489 e. The third-order valence-corrected chi connectivity index (χ3v) is 4.92. The van der Waals surface area contributed by atoms with Gasteiger partial charge in [0.05, 0.1) is 20.6 Å². The van der Waals surface area contributed by atoms with Crippen LogP contribution in [0.3, 0.4) is 0 Å². The van der Waals surface area contributed by atoms with Gasteiger partial charge in [-0.05, 0) is 56.3 Å². The van der Waals surface area contributed by atoms with Gasteiger partial charge in [-0.25, -0.2) is 4.79 Å². The number of rotatable bonds is 6. The van der Waals surface area contributed by atoms with Crippen molar-refractivity contribution in [3.05, 3.63) is 26.6 Å². The molecule has 1 aliphatic carbocycles. The predicted molar refractivity (Wildman–Crippen MR) is 86.9 cm³/mol. The van der Waals surface area contributed by atoms with Crippen molar-refractivity contribution < 1.29 is 19.7 Å². The van der Waals surface area contributed by atoms with E-state index < -0.39 is 12.1 Å². The zero-order valence-corrected chi connectivity index (χ0v) is 14.7. The van der Waals surface area contributed by atoms with E-state index in [2.05, 4.69) is 31.9 Å². The molecule has 1 atom stereocenters. The number of carboxylic acid groups (broad SMARTS) is 1. The molecule has 0 heterocycles. The van der Waals surface area contributed by atoms with E-state index in [-0.39, 0.29) is 12.2 Å². The highest BCUT2D eigenvalue weighted by Crippen LogP contribution is 2.35. The van der Waals surface area contributed by atoms with Gasteiger partial charge >= 0.3 is 5.97 Å². The molecule has 4 nitrogen and oxygen atoms in total. The summed E-state index contributed by atoms with van der Waals surface area (Å²) in [6.45, 7) is 0.208. The molecule has 1 unspecified atom stereocenters. The van der Waals surface area contributed by atoms with Crippen LogP contribution >= 0.6 is 31.9 Å². The molecule has 0 saturated heterocycles. The minimum absolute atomic E-state index is 0.174. The number of ether oxygens (including phenoxy) is 1. The van der Waals surface area contributed by atoms with Crippen LogP contribution in [0, 0.1) is 5.92 Å². The summed E-state index contributed by atoms with van der Waals surface area (Å²) >= 11 is 6.61. The molecule has 1 saturated carbocycles. The Kier molecular flexibility index (Phi) is 6.08. The van der Waals surface area contributed by atoms with E-state index >= 15 is 0 Å². The lowest BCUT2D eigenvalue weighted by atomic mass is 10.0. The molecule has 1 aliphatic rings. The molecule has 0 spiro atoms. The molecule has 116 valence electrons. The van der Waals surface area contributed by atoms with Crippen molar-refractivity contribution in [2.24, 2.45) is 5.92 Å². The maximum Gasteiger partial charge on any atom is 0.335 e. The van der Waals surface area contributed by atoms with Crippen LogP contribution in [0.4, 0.5) is 0 Å². The Labute approximate surface area is 140 Å². The van der Waals surface area contributed by atoms with E-state index in [4.69, 9.17) is 9.84 Å². The lowest BCUT2D eigenvalue weighted by molar-refractivity contribution is 0.0695. The number of hydrogen-bond acceptors (Lipinski definition) is 3. The summed E-state index contributed by atoms with van der Waals surface area (Å²) in [6, 6.07) is 2.98. The highest BCUT2D eigenvalue weighted by molar-refractivity contribution is 9.11. The average molecular weight is 422 g/mol. The van der Waals surface area contributed by atoms with Gasteiger partial charge in [0, 0.05) is 0 Å². The molecule has 1 aromatic carbocycles. The van der Waals surface area contributed by atoms with Crippen LogP contribution in [0.15, 0.2) is 21.1 Å². The number of carbonyl (C=O) groups is 1. The molecule has 21 heavy (non-hydrogen) atoms. The standard InChI is InChI=1S/C15H18Br2O4/c16-12-6-10(15(19)20)7-13(17)14(12)21-8-11(18)5-9-3-1-2-4-9/h6-7,9,11,18H,1-5,8H2,(H,19,20). The van der Waals surface area contributed by atoms with Crippen LogP contribution in [-0.2, 0) is 0 Å². The van der Waals surface area contributed by atoms with Crippen molar-refractivity contribution in [2.45, 2.75) is 38.2 Å². The Balaban J connectivity index is 1.94. The second-order valence-electron chi connectivity index (χ2n) is 5.43. The fraction of sp³-hybridized carbons (Fsp3) is 0.533. The second-order valence-corrected chi connectivity index (χ2v) is 7.13. The van der Waals surface area contributed by atoms with Gasteiger partial charge in [-0.15, -0.1) is 0 Å². The largest absolute Gasteiger partial charge is 0.489 e. The summed E-state index contributed by atoms with van der Waals surface area (Å²) in [4.78, 5) is 11.0. The van der Waals surface area contributed by atoms with E-state index in [9.17, 15) is 9.90 Å². The average Bonchev–Trinajstić information content (AvgIpc) is 2.90. The first-order valence-electron chi connectivity index (χ1n) is 7.00. The number of aliphatic hydroxyl groups is 1. The highest BCUT2D eigenvalue weighted by Gasteiger charge is 2.20. The van der Waals surface area contributed by atoms with Gasteiger partial charge in [0.25, 0.3) is 0 Å². The minimum atomic E-state index is -0.996. The van der Waals surface area contributed by atoms with Crippen LogP contribution in [-0.4, -0.2) is 28.9 Å². The van der Waals surface area contributed by atoms with Crippen LogP contribution in [0.1, 0.15) is 42.5 Å². The molecule has 0 bridgehead atoms. The van der Waals surface area contributed by atoms with Gasteiger partial charge in [-0.1, -0.05) is 25.7 Å². The smallest absolute Gasteiger partial charge is 0.335 e. The predicted octanol–water partition coefficient (Wildman–Crippen LogP) is 4.23. The molecule has 6 heteroatoms. The van der Waals surface area contributed by atoms with Crippen LogP contribution in [0.25, 0.3) is 0 Å². The first-order chi connectivity index (χ1) is 9.97. The fourth-order valence-corrected chi connectivity index (χ4v) is 4.12. The number of aliphatic hydroxyl groups excluding tert-OH is 1. The topological polar surface area (TPSA) is 66.8 Å². The third-order valence-electron chi connectivity index (χ3n) is 3.75. The SMILES string of the molecule is O=C(O)c1cc(Br)c(OCC(O)CC2CCCC2)c(Br)c1. The first-order valence-corrected chi connectivity index (χ1v) is 8.59. The second kappa shape index (κ2) is 7.61. The number of benzene rings is 1. The van der Waals surface area contributed by atoms with E-state index in [1.54, 1.807) is 0 Å². The van der Waals surface area contributed by atoms with Crippen molar-refractivity contribution in [1.82, 2.24) is 0 Å². The van der Waals surface area contributed by atoms with Crippen LogP contribution in [0.2, 0.25) is 0 Å². The third kappa shape index (κ3) is 4.69. The maximum absolute atomic E-state index is 11.0. The molecule has 2 N–H and O–H groups in total. The Bertz CT molecular complexity index is 489. The van der Waals surface area contributed by atoms with E-state index in [0.717, 1.165) is 6.42 Å². The van der Waals surface area contributed by atoms with Crippen molar-refractivity contribution in [3.8, 4) is 5.75 Å². The lowest BCUT2D eigenvalue weighted by Crippen LogP contribution is -2.20. The molecule has 1 aromatic rings. The normalized spacial score (nSPS) is 16.9. The molecule has 0 aromatic heterocycles. The Hall–Kier alpha value is -0.590. The van der Waals surface area contributed by atoms with E-state index in [0.29, 0.717) is 20.6 Å². The maximum atomic E-state index is 11.0. The van der Waals surface area contributed by atoms with Gasteiger partial charge < -0.3 is 14.9 Å². The Morgan fingerprint density at radius 2 is 1.86 bits per heavy atom. The van der Waals surface area contributed by atoms with Crippen LogP contribution in [0.5, 0.6) is 5.75 Å². The molecule has 0 aliphatic heterocycles. The molecular weight excluding hydrogens is 404 g/mol. The van der Waals surface area contributed by atoms with Gasteiger partial charge in [-0.2, -0.15) is 0 Å². The number of halogens is 2. The monoisotopic (exact) mass is 420 g/mol. The van der Waals surface area contributed by atoms with Crippen LogP contribution < -0.4 is 4.74 Å². The molecule has 2 rings (SSSR count). The molecule has 0 radical (unpaired) electrons. The molecule has 1 fully saturated rings. The van der Waals surface area contributed by atoms with Gasteiger partial charge in [0.2, 0.25) is 0 Å². The van der Waals surface area contributed by atoms with Crippen molar-refractivity contribution in [3.63, 3.8) is 0 Å². The number of carboxylic acids is 1. The van der Waals surface area contributed by atoms with Crippen molar-refractivity contribution in [2.75, 3.05) is 6.61 Å².